The summed E-state index contributed by atoms with van der Waals surface area (Å²) < 4.78 is 8.16. The van der Waals surface area contributed by atoms with Gasteiger partial charge in [-0.05, 0) is 41.1 Å². The van der Waals surface area contributed by atoms with Gasteiger partial charge in [-0.25, -0.2) is 4.98 Å². The zero-order chi connectivity index (χ0) is 14.8. The molecular formula is C16H13BrN2O2. The van der Waals surface area contributed by atoms with Crippen molar-refractivity contribution in [2.45, 2.75) is 13.5 Å². The van der Waals surface area contributed by atoms with Crippen LogP contribution < -0.4 is 5.56 Å². The minimum absolute atomic E-state index is 0.0677. The molecule has 0 bridgehead atoms. The molecule has 0 N–H and O–H groups in total. The van der Waals surface area contributed by atoms with Crippen LogP contribution in [0.2, 0.25) is 0 Å². The van der Waals surface area contributed by atoms with Gasteiger partial charge in [-0.15, -0.1) is 0 Å². The summed E-state index contributed by atoms with van der Waals surface area (Å²) in [5, 5.41) is 0. The number of halogens is 1. The van der Waals surface area contributed by atoms with Crippen LogP contribution in [-0.2, 0) is 6.54 Å². The SMILES string of the molecule is Cc1oc(-c2ccccc2)nc1Cn1cc(Br)ccc1=O. The van der Waals surface area contributed by atoms with E-state index in [0.29, 0.717) is 12.4 Å². The maximum atomic E-state index is 11.8. The van der Waals surface area contributed by atoms with Crippen molar-refractivity contribution in [3.05, 3.63) is 74.9 Å². The summed E-state index contributed by atoms with van der Waals surface area (Å²) in [6, 6.07) is 13.0. The van der Waals surface area contributed by atoms with E-state index in [4.69, 9.17) is 4.42 Å². The van der Waals surface area contributed by atoms with Gasteiger partial charge in [-0.1, -0.05) is 18.2 Å². The van der Waals surface area contributed by atoms with E-state index in [1.165, 1.54) is 6.07 Å². The van der Waals surface area contributed by atoms with Crippen LogP contribution in [0.5, 0.6) is 0 Å². The fourth-order valence-electron chi connectivity index (χ4n) is 2.07. The lowest BCUT2D eigenvalue weighted by molar-refractivity contribution is 0.537. The van der Waals surface area contributed by atoms with Crippen LogP contribution in [0.25, 0.3) is 11.5 Å². The lowest BCUT2D eigenvalue weighted by Crippen LogP contribution is -2.19. The van der Waals surface area contributed by atoms with Gasteiger partial charge in [0.2, 0.25) is 5.89 Å². The smallest absolute Gasteiger partial charge is 0.250 e. The molecule has 0 saturated carbocycles. The summed E-state index contributed by atoms with van der Waals surface area (Å²) in [6.45, 7) is 2.25. The van der Waals surface area contributed by atoms with Crippen LogP contribution in [-0.4, -0.2) is 9.55 Å². The molecule has 0 aliphatic heterocycles. The average molecular weight is 345 g/mol. The first-order valence-corrected chi connectivity index (χ1v) is 7.30. The highest BCUT2D eigenvalue weighted by Crippen LogP contribution is 2.21. The minimum Gasteiger partial charge on any atom is -0.441 e. The third kappa shape index (κ3) is 2.97. The molecule has 0 spiro atoms. The number of nitrogens with zero attached hydrogens (tertiary/aromatic N) is 2. The number of aromatic nitrogens is 2. The number of benzene rings is 1. The monoisotopic (exact) mass is 344 g/mol. The third-order valence-electron chi connectivity index (χ3n) is 3.18. The van der Waals surface area contributed by atoms with Crippen LogP contribution in [0, 0.1) is 6.92 Å². The number of hydrogen-bond donors (Lipinski definition) is 0. The number of oxazole rings is 1. The van der Waals surface area contributed by atoms with Crippen LogP contribution in [0.15, 0.2) is 62.3 Å². The highest BCUT2D eigenvalue weighted by Gasteiger charge is 2.12. The molecule has 106 valence electrons. The van der Waals surface area contributed by atoms with Crippen molar-refractivity contribution in [3.8, 4) is 11.5 Å². The van der Waals surface area contributed by atoms with Crippen molar-refractivity contribution in [1.82, 2.24) is 9.55 Å². The molecule has 0 aliphatic rings. The fourth-order valence-corrected chi connectivity index (χ4v) is 2.45. The van der Waals surface area contributed by atoms with Gasteiger partial charge in [0.15, 0.2) is 0 Å². The van der Waals surface area contributed by atoms with E-state index in [-0.39, 0.29) is 5.56 Å². The Morgan fingerprint density at radius 2 is 1.95 bits per heavy atom. The van der Waals surface area contributed by atoms with Gasteiger partial charge in [0.1, 0.15) is 11.5 Å². The van der Waals surface area contributed by atoms with Crippen LogP contribution in [0.4, 0.5) is 0 Å². The van der Waals surface area contributed by atoms with E-state index in [1.807, 2.05) is 37.3 Å². The normalized spacial score (nSPS) is 10.8. The Morgan fingerprint density at radius 1 is 1.19 bits per heavy atom. The molecule has 1 aromatic carbocycles. The van der Waals surface area contributed by atoms with Crippen molar-refractivity contribution in [2.75, 3.05) is 0 Å². The molecule has 0 fully saturated rings. The number of rotatable bonds is 3. The summed E-state index contributed by atoms with van der Waals surface area (Å²) >= 11 is 3.37. The van der Waals surface area contributed by atoms with E-state index in [1.54, 1.807) is 16.8 Å². The van der Waals surface area contributed by atoms with Gasteiger partial charge in [0, 0.05) is 22.3 Å². The molecule has 5 heteroatoms. The molecule has 0 radical (unpaired) electrons. The Hall–Kier alpha value is -2.14. The lowest BCUT2D eigenvalue weighted by Gasteiger charge is -2.03. The second-order valence-corrected chi connectivity index (χ2v) is 5.62. The molecule has 0 atom stereocenters. The van der Waals surface area contributed by atoms with Crippen molar-refractivity contribution in [3.63, 3.8) is 0 Å². The van der Waals surface area contributed by atoms with Gasteiger partial charge < -0.3 is 8.98 Å². The predicted molar refractivity (Wildman–Crippen MR) is 84.2 cm³/mol. The molecule has 3 rings (SSSR count). The van der Waals surface area contributed by atoms with Gasteiger partial charge in [0.05, 0.1) is 6.54 Å². The first-order valence-electron chi connectivity index (χ1n) is 6.51. The second kappa shape index (κ2) is 5.69. The zero-order valence-corrected chi connectivity index (χ0v) is 13.0. The molecule has 0 aliphatic carbocycles. The van der Waals surface area contributed by atoms with Crippen molar-refractivity contribution in [2.24, 2.45) is 0 Å². The number of hydrogen-bond acceptors (Lipinski definition) is 3. The maximum absolute atomic E-state index is 11.8. The van der Waals surface area contributed by atoms with E-state index in [0.717, 1.165) is 21.5 Å². The summed E-state index contributed by atoms with van der Waals surface area (Å²) in [5.41, 5.74) is 1.62. The van der Waals surface area contributed by atoms with Gasteiger partial charge in [-0.2, -0.15) is 0 Å². The highest BCUT2D eigenvalue weighted by atomic mass is 79.9. The molecule has 3 aromatic rings. The minimum atomic E-state index is -0.0677. The fraction of sp³-hybridized carbons (Fsp3) is 0.125. The predicted octanol–water partition coefficient (Wildman–Crippen LogP) is 3.62. The number of aryl methyl sites for hydroxylation is 1. The van der Waals surface area contributed by atoms with Gasteiger partial charge in [-0.3, -0.25) is 4.79 Å². The van der Waals surface area contributed by atoms with E-state index >= 15 is 0 Å². The molecule has 0 amide bonds. The molecule has 2 aromatic heterocycles. The average Bonchev–Trinajstić information content (AvgIpc) is 2.85. The summed E-state index contributed by atoms with van der Waals surface area (Å²) in [6.07, 6.45) is 1.75. The summed E-state index contributed by atoms with van der Waals surface area (Å²) in [4.78, 5) is 16.4. The van der Waals surface area contributed by atoms with Crippen molar-refractivity contribution >= 4 is 15.9 Å². The molecule has 4 nitrogen and oxygen atoms in total. The Morgan fingerprint density at radius 3 is 2.71 bits per heavy atom. The Bertz CT molecular complexity index is 822. The molecule has 2 heterocycles. The Kier molecular flexibility index (Phi) is 3.75. The Balaban J connectivity index is 1.95. The zero-order valence-electron chi connectivity index (χ0n) is 11.4. The second-order valence-electron chi connectivity index (χ2n) is 4.70. The Labute approximate surface area is 130 Å². The quantitative estimate of drug-likeness (QED) is 0.728. The van der Waals surface area contributed by atoms with Crippen molar-refractivity contribution in [1.29, 1.82) is 0 Å². The third-order valence-corrected chi connectivity index (χ3v) is 3.65. The van der Waals surface area contributed by atoms with Gasteiger partial charge >= 0.3 is 0 Å². The standard InChI is InChI=1S/C16H13BrN2O2/c1-11-14(10-19-9-13(17)7-8-15(19)20)18-16(21-11)12-5-3-2-4-6-12/h2-9H,10H2,1H3. The van der Waals surface area contributed by atoms with E-state index in [2.05, 4.69) is 20.9 Å². The molecule has 21 heavy (non-hydrogen) atoms. The molecule has 0 unspecified atom stereocenters. The summed E-state index contributed by atoms with van der Waals surface area (Å²) in [7, 11) is 0. The first kappa shape index (κ1) is 13.8. The lowest BCUT2D eigenvalue weighted by atomic mass is 10.2. The van der Waals surface area contributed by atoms with Crippen molar-refractivity contribution < 1.29 is 4.42 Å². The van der Waals surface area contributed by atoms with Gasteiger partial charge in [0.25, 0.3) is 5.56 Å². The van der Waals surface area contributed by atoms with Crippen LogP contribution >= 0.6 is 15.9 Å². The highest BCUT2D eigenvalue weighted by molar-refractivity contribution is 9.10. The van der Waals surface area contributed by atoms with E-state index in [9.17, 15) is 4.79 Å². The molecular weight excluding hydrogens is 332 g/mol. The van der Waals surface area contributed by atoms with Crippen LogP contribution in [0.3, 0.4) is 0 Å². The maximum Gasteiger partial charge on any atom is 0.250 e. The summed E-state index contributed by atoms with van der Waals surface area (Å²) in [5.74, 6) is 1.30. The number of pyridine rings is 1. The topological polar surface area (TPSA) is 48.0 Å². The largest absolute Gasteiger partial charge is 0.441 e. The molecule has 0 saturated heterocycles. The van der Waals surface area contributed by atoms with E-state index < -0.39 is 0 Å². The van der Waals surface area contributed by atoms with Crippen LogP contribution in [0.1, 0.15) is 11.5 Å². The first-order chi connectivity index (χ1) is 10.1.